The van der Waals surface area contributed by atoms with Gasteiger partial charge >= 0.3 is 0 Å². The Bertz CT molecular complexity index is 329. The van der Waals surface area contributed by atoms with E-state index in [4.69, 9.17) is 0 Å². The molecule has 16 heavy (non-hydrogen) atoms. The summed E-state index contributed by atoms with van der Waals surface area (Å²) in [6.45, 7) is 9.37. The third-order valence-corrected chi connectivity index (χ3v) is 3.24. The van der Waals surface area contributed by atoms with E-state index >= 15 is 0 Å². The summed E-state index contributed by atoms with van der Waals surface area (Å²) in [5.74, 6) is 0. The van der Waals surface area contributed by atoms with Gasteiger partial charge in [-0.1, -0.05) is 54.1 Å². The number of rotatable bonds is 6. The summed E-state index contributed by atoms with van der Waals surface area (Å²) in [6.07, 6.45) is 2.07. The minimum Gasteiger partial charge on any atom is -0.310 e. The first kappa shape index (κ1) is 13.5. The summed E-state index contributed by atoms with van der Waals surface area (Å²) in [5, 5.41) is 3.51. The Morgan fingerprint density at radius 3 is 2.44 bits per heavy atom. The van der Waals surface area contributed by atoms with Gasteiger partial charge in [0.15, 0.2) is 0 Å². The molecule has 88 valence electrons. The molecule has 0 aromatic heterocycles. The average Bonchev–Trinajstić information content (AvgIpc) is 2.29. The molecule has 1 aromatic carbocycles. The number of hydrogen-bond acceptors (Lipinski definition) is 1. The zero-order chi connectivity index (χ0) is 12.0. The van der Waals surface area contributed by atoms with Crippen LogP contribution in [-0.4, -0.2) is 6.54 Å². The van der Waals surface area contributed by atoms with Crippen molar-refractivity contribution in [2.45, 2.75) is 32.7 Å². The van der Waals surface area contributed by atoms with Crippen LogP contribution in [-0.2, 0) is 0 Å². The van der Waals surface area contributed by atoms with E-state index in [1.165, 1.54) is 11.1 Å². The Morgan fingerprint density at radius 1 is 1.31 bits per heavy atom. The van der Waals surface area contributed by atoms with Gasteiger partial charge in [-0.15, -0.1) is 0 Å². The molecular formula is C14H20BrN. The van der Waals surface area contributed by atoms with E-state index in [-0.39, 0.29) is 0 Å². The van der Waals surface area contributed by atoms with Crippen LogP contribution in [0.15, 0.2) is 40.9 Å². The van der Waals surface area contributed by atoms with Crippen molar-refractivity contribution < 1.29 is 0 Å². The molecule has 1 aromatic rings. The first-order valence-electron chi connectivity index (χ1n) is 5.82. The fourth-order valence-corrected chi connectivity index (χ4v) is 1.95. The maximum absolute atomic E-state index is 4.09. The van der Waals surface area contributed by atoms with Crippen LogP contribution in [0, 0.1) is 0 Å². The fraction of sp³-hybridized carbons (Fsp3) is 0.429. The number of hydrogen-bond donors (Lipinski definition) is 1. The van der Waals surface area contributed by atoms with Gasteiger partial charge in [-0.25, -0.2) is 0 Å². The molecule has 0 amide bonds. The van der Waals surface area contributed by atoms with E-state index in [2.05, 4.69) is 65.9 Å². The van der Waals surface area contributed by atoms with E-state index < -0.39 is 0 Å². The predicted octanol–water partition coefficient (Wildman–Crippen LogP) is 4.46. The lowest BCUT2D eigenvalue weighted by molar-refractivity contribution is 0.543. The van der Waals surface area contributed by atoms with E-state index in [1.807, 2.05) is 0 Å². The summed E-state index contributed by atoms with van der Waals surface area (Å²) < 4.78 is 1.13. The van der Waals surface area contributed by atoms with Crippen molar-refractivity contribution in [2.24, 2.45) is 0 Å². The average molecular weight is 282 g/mol. The van der Waals surface area contributed by atoms with Crippen LogP contribution in [0.3, 0.4) is 0 Å². The molecule has 0 heterocycles. The Balaban J connectivity index is 2.76. The van der Waals surface area contributed by atoms with Gasteiger partial charge in [-0.3, -0.25) is 0 Å². The van der Waals surface area contributed by atoms with Crippen molar-refractivity contribution in [1.29, 1.82) is 0 Å². The molecule has 0 aliphatic carbocycles. The Kier molecular flexibility index (Phi) is 5.78. The second-order valence-electron chi connectivity index (χ2n) is 3.97. The van der Waals surface area contributed by atoms with Gasteiger partial charge in [-0.05, 0) is 37.1 Å². The van der Waals surface area contributed by atoms with E-state index in [0.717, 1.165) is 23.9 Å². The molecule has 0 spiro atoms. The molecule has 0 radical (unpaired) electrons. The molecule has 1 unspecified atom stereocenters. The van der Waals surface area contributed by atoms with Gasteiger partial charge in [-0.2, -0.15) is 0 Å². The number of halogens is 1. The van der Waals surface area contributed by atoms with Crippen LogP contribution >= 0.6 is 15.9 Å². The molecule has 1 atom stereocenters. The van der Waals surface area contributed by atoms with Crippen molar-refractivity contribution >= 4 is 15.9 Å². The molecule has 0 saturated heterocycles. The molecule has 0 bridgehead atoms. The minimum atomic E-state index is 0.394. The topological polar surface area (TPSA) is 12.0 Å². The highest BCUT2D eigenvalue weighted by Gasteiger charge is 2.10. The largest absolute Gasteiger partial charge is 0.310 e. The highest BCUT2D eigenvalue weighted by atomic mass is 79.9. The van der Waals surface area contributed by atoms with Crippen LogP contribution < -0.4 is 5.32 Å². The van der Waals surface area contributed by atoms with Crippen molar-refractivity contribution in [3.8, 4) is 0 Å². The SMILES string of the molecule is C=C(CC)CC(NCC)c1ccc(Br)cc1. The van der Waals surface area contributed by atoms with Crippen LogP contribution in [0.5, 0.6) is 0 Å². The first-order valence-corrected chi connectivity index (χ1v) is 6.62. The van der Waals surface area contributed by atoms with Crippen LogP contribution in [0.2, 0.25) is 0 Å². The quantitative estimate of drug-likeness (QED) is 0.760. The lowest BCUT2D eigenvalue weighted by Gasteiger charge is -2.19. The highest BCUT2D eigenvalue weighted by Crippen LogP contribution is 2.23. The maximum Gasteiger partial charge on any atom is 0.0357 e. The Hall–Kier alpha value is -0.600. The fourth-order valence-electron chi connectivity index (χ4n) is 1.68. The van der Waals surface area contributed by atoms with E-state index in [1.54, 1.807) is 0 Å². The lowest BCUT2D eigenvalue weighted by atomic mass is 9.98. The molecule has 0 aliphatic rings. The van der Waals surface area contributed by atoms with Gasteiger partial charge < -0.3 is 5.32 Å². The van der Waals surface area contributed by atoms with Gasteiger partial charge in [0.2, 0.25) is 0 Å². The summed E-state index contributed by atoms with van der Waals surface area (Å²) >= 11 is 3.46. The van der Waals surface area contributed by atoms with Gasteiger partial charge in [0.25, 0.3) is 0 Å². The Morgan fingerprint density at radius 2 is 1.94 bits per heavy atom. The second-order valence-corrected chi connectivity index (χ2v) is 4.89. The molecule has 1 rings (SSSR count). The molecule has 0 fully saturated rings. The monoisotopic (exact) mass is 281 g/mol. The lowest BCUT2D eigenvalue weighted by Crippen LogP contribution is -2.21. The summed E-state index contributed by atoms with van der Waals surface area (Å²) in [7, 11) is 0. The minimum absolute atomic E-state index is 0.394. The van der Waals surface area contributed by atoms with Crippen LogP contribution in [0.1, 0.15) is 38.3 Å². The molecule has 0 saturated carbocycles. The summed E-state index contributed by atoms with van der Waals surface area (Å²) in [6, 6.07) is 8.91. The highest BCUT2D eigenvalue weighted by molar-refractivity contribution is 9.10. The van der Waals surface area contributed by atoms with Crippen molar-refractivity contribution in [2.75, 3.05) is 6.54 Å². The van der Waals surface area contributed by atoms with E-state index in [0.29, 0.717) is 6.04 Å². The molecule has 1 nitrogen and oxygen atoms in total. The third-order valence-electron chi connectivity index (χ3n) is 2.72. The first-order chi connectivity index (χ1) is 7.67. The zero-order valence-corrected chi connectivity index (χ0v) is 11.7. The Labute approximate surface area is 107 Å². The van der Waals surface area contributed by atoms with Gasteiger partial charge in [0, 0.05) is 10.5 Å². The third kappa shape index (κ3) is 4.11. The summed E-state index contributed by atoms with van der Waals surface area (Å²) in [4.78, 5) is 0. The molecule has 2 heteroatoms. The molecule has 1 N–H and O–H groups in total. The zero-order valence-electron chi connectivity index (χ0n) is 10.1. The normalized spacial score (nSPS) is 12.4. The van der Waals surface area contributed by atoms with Crippen molar-refractivity contribution in [1.82, 2.24) is 5.32 Å². The van der Waals surface area contributed by atoms with Gasteiger partial charge in [0.05, 0.1) is 0 Å². The predicted molar refractivity (Wildman–Crippen MR) is 74.6 cm³/mol. The van der Waals surface area contributed by atoms with Crippen molar-refractivity contribution in [3.63, 3.8) is 0 Å². The standard InChI is InChI=1S/C14H20BrN/c1-4-11(3)10-14(16-5-2)12-6-8-13(15)9-7-12/h6-9,14,16H,3-5,10H2,1-2H3. The van der Waals surface area contributed by atoms with Crippen molar-refractivity contribution in [3.05, 3.63) is 46.5 Å². The maximum atomic E-state index is 4.09. The summed E-state index contributed by atoms with van der Waals surface area (Å²) in [5.41, 5.74) is 2.63. The molecular weight excluding hydrogens is 262 g/mol. The second kappa shape index (κ2) is 6.87. The number of nitrogens with one attached hydrogen (secondary N) is 1. The number of benzene rings is 1. The van der Waals surface area contributed by atoms with Gasteiger partial charge in [0.1, 0.15) is 0 Å². The van der Waals surface area contributed by atoms with E-state index in [9.17, 15) is 0 Å². The van der Waals surface area contributed by atoms with Crippen LogP contribution in [0.4, 0.5) is 0 Å². The molecule has 0 aliphatic heterocycles. The van der Waals surface area contributed by atoms with Crippen LogP contribution in [0.25, 0.3) is 0 Å². The smallest absolute Gasteiger partial charge is 0.0357 e.